The number of rotatable bonds is 24. The fourth-order valence-electron chi connectivity index (χ4n) is 12.7. The topological polar surface area (TPSA) is 222 Å². The molecule has 22 rings (SSSR count). The SMILES string of the molecule is COc1c2c(OC)c(OC)c(c1OC)Cc1c(OC)c(OC)c(c(OC)c1OC)Cc1c(OC)c(OC)c(c(OC)c1OC)Cc1c(OC)c(OC)c(c(OC)c1OC)Cc1c(OC)c(OC)c(c(OC)c1OC)Cc1c(OC)c(OC)c(c(OC)c1OC)C2. The summed E-state index contributed by atoms with van der Waals surface area (Å²) >= 11 is 0. The summed E-state index contributed by atoms with van der Waals surface area (Å²) in [5.74, 6) is 6.48. The molecule has 0 amide bonds. The van der Waals surface area contributed by atoms with Crippen molar-refractivity contribution in [1.82, 2.24) is 0 Å². The number of hydrogen-bond donors (Lipinski definition) is 0. The van der Waals surface area contributed by atoms with Crippen molar-refractivity contribution in [2.75, 3.05) is 171 Å². The maximum Gasteiger partial charge on any atom is 0.168 e. The van der Waals surface area contributed by atoms with Crippen LogP contribution in [0.5, 0.6) is 138 Å². The lowest BCUT2D eigenvalue weighted by Crippen LogP contribution is -2.13. The van der Waals surface area contributed by atoms with Crippen LogP contribution in [0.4, 0.5) is 0 Å². The molecule has 0 fully saturated rings. The molecule has 0 atom stereocenters. The highest BCUT2D eigenvalue weighted by molar-refractivity contribution is 5.79. The van der Waals surface area contributed by atoms with Crippen LogP contribution in [0, 0.1) is 0 Å². The van der Waals surface area contributed by atoms with Crippen molar-refractivity contribution in [2.45, 2.75) is 38.5 Å². The molecule has 6 aromatic rings. The molecule has 16 aliphatic carbocycles. The monoisotopic (exact) mass is 1260 g/mol. The van der Waals surface area contributed by atoms with Gasteiger partial charge in [0.25, 0.3) is 0 Å². The minimum atomic E-state index is -0.0163. The third kappa shape index (κ3) is 11.1. The second-order valence-corrected chi connectivity index (χ2v) is 19.6. The predicted molar refractivity (Wildman–Crippen MR) is 333 cm³/mol. The van der Waals surface area contributed by atoms with Crippen LogP contribution >= 0.6 is 0 Å². The molecule has 0 saturated carbocycles. The van der Waals surface area contributed by atoms with E-state index in [4.69, 9.17) is 114 Å². The van der Waals surface area contributed by atoms with Gasteiger partial charge in [0.1, 0.15) is 0 Å². The van der Waals surface area contributed by atoms with E-state index in [1.807, 2.05) is 0 Å². The zero-order valence-electron chi connectivity index (χ0n) is 56.0. The van der Waals surface area contributed by atoms with Gasteiger partial charge in [-0.1, -0.05) is 0 Å². The maximum absolute atomic E-state index is 6.36. The second kappa shape index (κ2) is 29.7. The highest BCUT2D eigenvalue weighted by Crippen LogP contribution is 2.61. The molecule has 0 saturated heterocycles. The first-order valence-corrected chi connectivity index (χ1v) is 27.9. The Morgan fingerprint density at radius 3 is 0.178 bits per heavy atom. The van der Waals surface area contributed by atoms with E-state index in [0.29, 0.717) is 66.8 Å². The zero-order chi connectivity index (χ0) is 66.0. The van der Waals surface area contributed by atoms with Gasteiger partial charge < -0.3 is 114 Å². The Kier molecular flexibility index (Phi) is 22.4. The Hall–Kier alpha value is -9.48. The first kappa shape index (κ1) is 68.0. The fraction of sp³-hybridized carbons (Fsp3) is 0.455. The summed E-state index contributed by atoms with van der Waals surface area (Å²) in [5.41, 5.74) is 5.51. The average Bonchev–Trinajstić information content (AvgIpc) is 0.771. The van der Waals surface area contributed by atoms with E-state index in [1.165, 1.54) is 171 Å². The number of ether oxygens (including phenoxy) is 24. The minimum absolute atomic E-state index is 0.0163. The van der Waals surface area contributed by atoms with Crippen LogP contribution in [-0.2, 0) is 38.5 Å². The van der Waals surface area contributed by atoms with Crippen LogP contribution in [0.2, 0.25) is 0 Å². The van der Waals surface area contributed by atoms with Crippen molar-refractivity contribution in [2.24, 2.45) is 0 Å². The first-order chi connectivity index (χ1) is 43.7. The zero-order valence-corrected chi connectivity index (χ0v) is 56.0. The molecule has 90 heavy (non-hydrogen) atoms. The van der Waals surface area contributed by atoms with Crippen molar-refractivity contribution >= 4 is 0 Å². The quantitative estimate of drug-likeness (QED) is 0.0549. The summed E-state index contributed by atoms with van der Waals surface area (Å²) in [7, 11) is 36.5. The minimum Gasteiger partial charge on any atom is -0.492 e. The molecule has 0 spiro atoms. The Labute approximate surface area is 525 Å². The molecule has 12 bridgehead atoms. The van der Waals surface area contributed by atoms with Gasteiger partial charge in [0.2, 0.25) is 0 Å². The van der Waals surface area contributed by atoms with Gasteiger partial charge in [0, 0.05) is 105 Å². The molecule has 24 heteroatoms. The Morgan fingerprint density at radius 1 is 0.100 bits per heavy atom. The molecule has 0 aliphatic heterocycles. The smallest absolute Gasteiger partial charge is 0.168 e. The molecule has 16 aliphatic rings. The number of benzene rings is 6. The van der Waals surface area contributed by atoms with E-state index < -0.39 is 0 Å². The predicted octanol–water partition coefficient (Wildman–Crippen LogP) is 9.75. The lowest BCUT2D eigenvalue weighted by Gasteiger charge is -2.29. The molecular formula is C66H84O24. The third-order valence-electron chi connectivity index (χ3n) is 16.1. The molecule has 24 nitrogen and oxygen atoms in total. The van der Waals surface area contributed by atoms with Crippen LogP contribution in [-0.4, -0.2) is 171 Å². The van der Waals surface area contributed by atoms with Gasteiger partial charge in [-0.05, 0) is 0 Å². The third-order valence-corrected chi connectivity index (χ3v) is 16.1. The first-order valence-electron chi connectivity index (χ1n) is 27.9. The number of methoxy groups -OCH3 is 24. The van der Waals surface area contributed by atoms with E-state index in [9.17, 15) is 0 Å². The lowest BCUT2D eigenvalue weighted by molar-refractivity contribution is 0.308. The summed E-state index contributed by atoms with van der Waals surface area (Å²) in [6, 6.07) is 0. The highest BCUT2D eigenvalue weighted by Gasteiger charge is 2.40. The van der Waals surface area contributed by atoms with E-state index in [2.05, 4.69) is 0 Å². The molecule has 6 aromatic carbocycles. The van der Waals surface area contributed by atoms with Crippen LogP contribution in [0.1, 0.15) is 66.8 Å². The van der Waals surface area contributed by atoms with E-state index in [0.717, 1.165) is 0 Å². The highest BCUT2D eigenvalue weighted by atomic mass is 16.6. The van der Waals surface area contributed by atoms with E-state index in [1.54, 1.807) is 0 Å². The second-order valence-electron chi connectivity index (χ2n) is 19.6. The molecular weight excluding hydrogens is 1180 g/mol. The average molecular weight is 1260 g/mol. The van der Waals surface area contributed by atoms with Crippen LogP contribution in [0.3, 0.4) is 0 Å². The lowest BCUT2D eigenvalue weighted by atomic mass is 9.89. The summed E-state index contributed by atoms with van der Waals surface area (Å²) in [5, 5.41) is 0. The molecule has 0 unspecified atom stereocenters. The largest absolute Gasteiger partial charge is 0.492 e. The van der Waals surface area contributed by atoms with Crippen LogP contribution < -0.4 is 114 Å². The van der Waals surface area contributed by atoms with Gasteiger partial charge in [0.15, 0.2) is 138 Å². The normalized spacial score (nSPS) is 11.7. The molecule has 0 aromatic heterocycles. The van der Waals surface area contributed by atoms with Crippen molar-refractivity contribution in [3.8, 4) is 138 Å². The number of hydrogen-bond acceptors (Lipinski definition) is 24. The van der Waals surface area contributed by atoms with Gasteiger partial charge in [-0.25, -0.2) is 0 Å². The Morgan fingerprint density at radius 2 is 0.144 bits per heavy atom. The van der Waals surface area contributed by atoms with Crippen molar-refractivity contribution in [3.63, 3.8) is 0 Å². The van der Waals surface area contributed by atoms with Crippen molar-refractivity contribution < 1.29 is 114 Å². The van der Waals surface area contributed by atoms with Gasteiger partial charge in [-0.2, -0.15) is 0 Å². The maximum atomic E-state index is 6.36. The fourth-order valence-corrected chi connectivity index (χ4v) is 12.7. The van der Waals surface area contributed by atoms with Gasteiger partial charge >= 0.3 is 0 Å². The van der Waals surface area contributed by atoms with E-state index in [-0.39, 0.29) is 177 Å². The molecule has 0 radical (unpaired) electrons. The van der Waals surface area contributed by atoms with Crippen LogP contribution in [0.25, 0.3) is 0 Å². The molecule has 0 heterocycles. The summed E-state index contributed by atoms with van der Waals surface area (Å²) in [6.07, 6.45) is -0.0975. The van der Waals surface area contributed by atoms with Crippen molar-refractivity contribution in [3.05, 3.63) is 66.8 Å². The molecule has 0 N–H and O–H groups in total. The van der Waals surface area contributed by atoms with Crippen molar-refractivity contribution in [1.29, 1.82) is 0 Å². The summed E-state index contributed by atoms with van der Waals surface area (Å²) in [4.78, 5) is 0. The van der Waals surface area contributed by atoms with Gasteiger partial charge in [-0.3, -0.25) is 0 Å². The molecule has 492 valence electrons. The standard InChI is InChI=1S/C66H84O24/c1-67-43-31-25-33-47(71-5)51(75-9)35(52(76-10)48(33)72-6)27-37-55(79-13)59(83-17)39(60(84-18)56(37)80-14)29-41-63(87-21)65(89-23)42(66(90-24)64(41)88-22)30-40-61(85-19)57(81-15)38(58(82-16)62(40)86-20)28-36-53(77-11)49(73-7)34(50(74-8)54(36)78-12)26-32(44(43)68-2)46(70-4)45(31)69-3/h25-30H2,1-24H3. The van der Waals surface area contributed by atoms with Crippen LogP contribution in [0.15, 0.2) is 0 Å². The van der Waals surface area contributed by atoms with E-state index >= 15 is 0 Å². The summed E-state index contributed by atoms with van der Waals surface area (Å²) < 4.78 is 153. The Balaban J connectivity index is 1.76. The van der Waals surface area contributed by atoms with Gasteiger partial charge in [0.05, 0.1) is 171 Å². The summed E-state index contributed by atoms with van der Waals surface area (Å²) in [6.45, 7) is 0. The van der Waals surface area contributed by atoms with Gasteiger partial charge in [-0.15, -0.1) is 0 Å². The Bertz CT molecular complexity index is 2570.